The van der Waals surface area contributed by atoms with Gasteiger partial charge in [0.2, 0.25) is 0 Å². The van der Waals surface area contributed by atoms with Gasteiger partial charge in [-0.2, -0.15) is 0 Å². The molecule has 0 aromatic heterocycles. The predicted molar refractivity (Wildman–Crippen MR) is 64.8 cm³/mol. The van der Waals surface area contributed by atoms with Crippen LogP contribution in [0.15, 0.2) is 18.2 Å². The molecule has 4 nitrogen and oxygen atoms in total. The van der Waals surface area contributed by atoms with Crippen LogP contribution < -0.4 is 4.74 Å². The summed E-state index contributed by atoms with van der Waals surface area (Å²) in [6, 6.07) is 5.71. The number of ether oxygens (including phenoxy) is 3. The Hall–Kier alpha value is -1.39. The van der Waals surface area contributed by atoms with Crippen LogP contribution in [0.2, 0.25) is 0 Å². The number of rotatable bonds is 0. The van der Waals surface area contributed by atoms with E-state index in [1.54, 1.807) is 0 Å². The summed E-state index contributed by atoms with van der Waals surface area (Å²) in [6.07, 6.45) is 0.638. The summed E-state index contributed by atoms with van der Waals surface area (Å²) in [7, 11) is 0. The molecule has 0 unspecified atom stereocenters. The molecule has 0 atom stereocenters. The number of hydrogen-bond donors (Lipinski definition) is 0. The van der Waals surface area contributed by atoms with E-state index in [-0.39, 0.29) is 12.6 Å². The normalized spacial score (nSPS) is 22.2. The lowest BCUT2D eigenvalue weighted by Crippen LogP contribution is -2.44. The number of hydrogen-bond acceptors (Lipinski definition) is 4. The van der Waals surface area contributed by atoms with Crippen LogP contribution in [0.4, 0.5) is 0 Å². The Bertz CT molecular complexity index is 475. The highest BCUT2D eigenvalue weighted by Gasteiger charge is 2.44. The van der Waals surface area contributed by atoms with Crippen LogP contribution in [0.25, 0.3) is 0 Å². The molecule has 0 radical (unpaired) electrons. The molecule has 18 heavy (non-hydrogen) atoms. The molecule has 0 amide bonds. The maximum atomic E-state index is 12.7. The largest absolute Gasteiger partial charge is 0.493 e. The molecule has 3 rings (SSSR count). The van der Waals surface area contributed by atoms with Crippen molar-refractivity contribution in [2.24, 2.45) is 5.41 Å². The van der Waals surface area contributed by atoms with Crippen LogP contribution in [0.3, 0.4) is 0 Å². The maximum Gasteiger partial charge on any atom is 0.177 e. The Balaban J connectivity index is 2.04. The molecule has 0 N–H and O–H groups in total. The minimum absolute atomic E-state index is 0.0819. The van der Waals surface area contributed by atoms with Gasteiger partial charge in [-0.05, 0) is 25.5 Å². The number of fused-ring (bicyclic) bond motifs is 1. The molecule has 0 bridgehead atoms. The van der Waals surface area contributed by atoms with Crippen molar-refractivity contribution < 1.29 is 19.0 Å². The number of carbonyl (C=O) groups is 1. The first-order chi connectivity index (χ1) is 8.71. The Morgan fingerprint density at radius 3 is 2.78 bits per heavy atom. The van der Waals surface area contributed by atoms with E-state index in [9.17, 15) is 4.79 Å². The molecular weight excluding hydrogens is 232 g/mol. The predicted octanol–water partition coefficient (Wildman–Crippen LogP) is 1.95. The summed E-state index contributed by atoms with van der Waals surface area (Å²) >= 11 is 0. The maximum absolute atomic E-state index is 12.7. The number of aryl methyl sites for hydroxylation is 1. The Morgan fingerprint density at radius 1 is 1.22 bits per heavy atom. The Morgan fingerprint density at radius 2 is 2.00 bits per heavy atom. The van der Waals surface area contributed by atoms with Crippen molar-refractivity contribution in [2.45, 2.75) is 13.3 Å². The first-order valence-electron chi connectivity index (χ1n) is 6.15. The van der Waals surface area contributed by atoms with Gasteiger partial charge < -0.3 is 14.2 Å². The van der Waals surface area contributed by atoms with Gasteiger partial charge in [0, 0.05) is 0 Å². The molecule has 2 aliphatic heterocycles. The number of benzene rings is 1. The molecule has 0 aliphatic carbocycles. The van der Waals surface area contributed by atoms with Gasteiger partial charge in [-0.25, -0.2) is 0 Å². The number of Topliss-reactive ketones (excluding diaryl/α,β-unsaturated/α-hetero) is 1. The Labute approximate surface area is 106 Å². The lowest BCUT2D eigenvalue weighted by Gasteiger charge is -2.33. The fourth-order valence-corrected chi connectivity index (χ4v) is 2.55. The van der Waals surface area contributed by atoms with Crippen LogP contribution >= 0.6 is 0 Å². The molecule has 0 saturated carbocycles. The van der Waals surface area contributed by atoms with Crippen LogP contribution in [-0.4, -0.2) is 32.4 Å². The summed E-state index contributed by atoms with van der Waals surface area (Å²) in [4.78, 5) is 12.7. The zero-order valence-electron chi connectivity index (χ0n) is 10.4. The molecule has 96 valence electrons. The fourth-order valence-electron chi connectivity index (χ4n) is 2.55. The molecule has 1 fully saturated rings. The Kier molecular flexibility index (Phi) is 2.84. The first-order valence-corrected chi connectivity index (χ1v) is 6.15. The second-order valence-electron chi connectivity index (χ2n) is 5.02. The zero-order valence-corrected chi connectivity index (χ0v) is 10.4. The summed E-state index contributed by atoms with van der Waals surface area (Å²) in [5.74, 6) is 0.756. The highest BCUT2D eigenvalue weighted by molar-refractivity contribution is 6.03. The van der Waals surface area contributed by atoms with Gasteiger partial charge in [0.25, 0.3) is 0 Å². The molecule has 2 aliphatic rings. The fraction of sp³-hybridized carbons (Fsp3) is 0.500. The minimum Gasteiger partial charge on any atom is -0.493 e. The molecular formula is C14H16O4. The third-order valence-electron chi connectivity index (χ3n) is 3.62. The van der Waals surface area contributed by atoms with Crippen molar-refractivity contribution in [3.63, 3.8) is 0 Å². The van der Waals surface area contributed by atoms with Gasteiger partial charge in [0.1, 0.15) is 12.5 Å². The van der Waals surface area contributed by atoms with E-state index in [1.165, 1.54) is 0 Å². The van der Waals surface area contributed by atoms with E-state index in [2.05, 4.69) is 0 Å². The van der Waals surface area contributed by atoms with Gasteiger partial charge in [0.15, 0.2) is 5.78 Å². The second-order valence-corrected chi connectivity index (χ2v) is 5.02. The topological polar surface area (TPSA) is 44.8 Å². The van der Waals surface area contributed by atoms with Crippen LogP contribution in [0, 0.1) is 12.3 Å². The quantitative estimate of drug-likeness (QED) is 0.704. The monoisotopic (exact) mass is 248 g/mol. The standard InChI is InChI=1S/C14H16O4/c1-10-2-3-12-11(6-10)13(15)14(4-5-18-12)7-16-9-17-8-14/h2-3,6H,4-5,7-9H2,1H3. The third-order valence-corrected chi connectivity index (χ3v) is 3.62. The minimum atomic E-state index is -0.572. The SMILES string of the molecule is Cc1ccc2c(c1)C(=O)C1(CCO2)COCOC1. The van der Waals surface area contributed by atoms with Crippen molar-refractivity contribution >= 4 is 5.78 Å². The van der Waals surface area contributed by atoms with Crippen molar-refractivity contribution in [2.75, 3.05) is 26.6 Å². The number of ketones is 1. The van der Waals surface area contributed by atoms with E-state index in [0.29, 0.717) is 37.6 Å². The summed E-state index contributed by atoms with van der Waals surface area (Å²) in [5, 5.41) is 0. The third kappa shape index (κ3) is 1.82. The van der Waals surface area contributed by atoms with Crippen LogP contribution in [0.1, 0.15) is 22.3 Å². The molecule has 1 aromatic carbocycles. The number of carbonyl (C=O) groups excluding carboxylic acids is 1. The second kappa shape index (κ2) is 4.37. The molecule has 1 spiro atoms. The smallest absolute Gasteiger partial charge is 0.177 e. The lowest BCUT2D eigenvalue weighted by molar-refractivity contribution is -0.152. The molecule has 1 saturated heterocycles. The highest BCUT2D eigenvalue weighted by atomic mass is 16.7. The summed E-state index contributed by atoms with van der Waals surface area (Å²) in [5.41, 5.74) is 1.14. The average Bonchev–Trinajstić information content (AvgIpc) is 2.51. The van der Waals surface area contributed by atoms with E-state index in [1.807, 2.05) is 25.1 Å². The lowest BCUT2D eigenvalue weighted by atomic mass is 9.79. The summed E-state index contributed by atoms with van der Waals surface area (Å²) in [6.45, 7) is 3.61. The zero-order chi connectivity index (χ0) is 12.6. The van der Waals surface area contributed by atoms with Crippen LogP contribution in [0.5, 0.6) is 5.75 Å². The molecule has 1 aromatic rings. The van der Waals surface area contributed by atoms with Gasteiger partial charge >= 0.3 is 0 Å². The van der Waals surface area contributed by atoms with Crippen molar-refractivity contribution in [1.29, 1.82) is 0 Å². The van der Waals surface area contributed by atoms with Gasteiger partial charge in [-0.3, -0.25) is 4.79 Å². The van der Waals surface area contributed by atoms with Crippen LogP contribution in [-0.2, 0) is 9.47 Å². The van der Waals surface area contributed by atoms with Crippen molar-refractivity contribution in [1.82, 2.24) is 0 Å². The van der Waals surface area contributed by atoms with Gasteiger partial charge in [0.05, 0.1) is 30.8 Å². The molecule has 4 heteroatoms. The molecule has 2 heterocycles. The van der Waals surface area contributed by atoms with Gasteiger partial charge in [-0.1, -0.05) is 11.6 Å². The summed E-state index contributed by atoms with van der Waals surface area (Å²) < 4.78 is 16.3. The van der Waals surface area contributed by atoms with E-state index in [4.69, 9.17) is 14.2 Å². The highest BCUT2D eigenvalue weighted by Crippen LogP contribution is 2.37. The first kappa shape index (κ1) is 11.7. The van der Waals surface area contributed by atoms with Crippen molar-refractivity contribution in [3.8, 4) is 5.75 Å². The van der Waals surface area contributed by atoms with E-state index >= 15 is 0 Å². The average molecular weight is 248 g/mol. The van der Waals surface area contributed by atoms with Gasteiger partial charge in [-0.15, -0.1) is 0 Å². The van der Waals surface area contributed by atoms with E-state index < -0.39 is 5.41 Å². The van der Waals surface area contributed by atoms with Crippen molar-refractivity contribution in [3.05, 3.63) is 29.3 Å². The van der Waals surface area contributed by atoms with E-state index in [0.717, 1.165) is 5.56 Å².